The highest BCUT2D eigenvalue weighted by molar-refractivity contribution is 5.91. The first-order chi connectivity index (χ1) is 9.88. The van der Waals surface area contributed by atoms with Gasteiger partial charge in [-0.25, -0.2) is 9.67 Å². The fraction of sp³-hybridized carbons (Fsp3) is 0.400. The average Bonchev–Trinajstić information content (AvgIpc) is 2.86. The molecule has 0 spiro atoms. The van der Waals surface area contributed by atoms with Crippen LogP contribution in [0.25, 0.3) is 5.82 Å². The average molecular weight is 287 g/mol. The molecule has 2 aromatic heterocycles. The van der Waals surface area contributed by atoms with Crippen LogP contribution in [0.2, 0.25) is 0 Å². The molecule has 1 unspecified atom stereocenters. The molecule has 0 radical (unpaired) electrons. The summed E-state index contributed by atoms with van der Waals surface area (Å²) in [7, 11) is 3.40. The molecule has 2 aromatic rings. The summed E-state index contributed by atoms with van der Waals surface area (Å²) in [5.74, 6) is 0.598. The van der Waals surface area contributed by atoms with Crippen LogP contribution in [-0.4, -0.2) is 45.7 Å². The topological polar surface area (TPSA) is 77.0 Å². The second-order valence-electron chi connectivity index (χ2n) is 5.51. The third kappa shape index (κ3) is 3.46. The van der Waals surface area contributed by atoms with Crippen molar-refractivity contribution in [3.63, 3.8) is 0 Å². The molecule has 0 aliphatic carbocycles. The molecule has 21 heavy (non-hydrogen) atoms. The van der Waals surface area contributed by atoms with Crippen molar-refractivity contribution in [1.82, 2.24) is 19.7 Å². The Morgan fingerprint density at radius 2 is 2.19 bits per heavy atom. The van der Waals surface area contributed by atoms with Crippen molar-refractivity contribution in [3.8, 4) is 5.82 Å². The molecular formula is C15H21N5O. The SMILES string of the molecule is Cc1cc(CC(C)N)cnc1-n1ccc(C(=O)N(C)C)n1. The van der Waals surface area contributed by atoms with Crippen LogP contribution < -0.4 is 5.73 Å². The van der Waals surface area contributed by atoms with Crippen molar-refractivity contribution < 1.29 is 4.79 Å². The number of aromatic nitrogens is 3. The molecule has 0 aliphatic rings. The van der Waals surface area contributed by atoms with Gasteiger partial charge in [-0.15, -0.1) is 0 Å². The fourth-order valence-corrected chi connectivity index (χ4v) is 2.13. The van der Waals surface area contributed by atoms with Gasteiger partial charge in [0.15, 0.2) is 11.5 Å². The van der Waals surface area contributed by atoms with Crippen LogP contribution in [0.4, 0.5) is 0 Å². The Morgan fingerprint density at radius 1 is 1.48 bits per heavy atom. The highest BCUT2D eigenvalue weighted by Gasteiger charge is 2.13. The van der Waals surface area contributed by atoms with Crippen LogP contribution in [-0.2, 0) is 6.42 Å². The van der Waals surface area contributed by atoms with Gasteiger partial charge in [-0.1, -0.05) is 6.07 Å². The lowest BCUT2D eigenvalue weighted by Gasteiger charge is -2.10. The monoisotopic (exact) mass is 287 g/mol. The molecule has 6 heteroatoms. The standard InChI is InChI=1S/C15H21N5O/c1-10-7-12(8-11(2)16)9-17-14(10)20-6-5-13(18-20)15(21)19(3)4/h5-7,9,11H,8,16H2,1-4H3. The fourth-order valence-electron chi connectivity index (χ4n) is 2.13. The van der Waals surface area contributed by atoms with E-state index < -0.39 is 0 Å². The van der Waals surface area contributed by atoms with Crippen molar-refractivity contribution in [1.29, 1.82) is 0 Å². The lowest BCUT2D eigenvalue weighted by Crippen LogP contribution is -2.22. The van der Waals surface area contributed by atoms with Gasteiger partial charge < -0.3 is 10.6 Å². The highest BCUT2D eigenvalue weighted by Crippen LogP contribution is 2.14. The number of rotatable bonds is 4. The summed E-state index contributed by atoms with van der Waals surface area (Å²) in [5.41, 5.74) is 8.30. The number of aryl methyl sites for hydroxylation is 1. The molecule has 0 aliphatic heterocycles. The van der Waals surface area contributed by atoms with Crippen molar-refractivity contribution in [2.24, 2.45) is 5.73 Å². The van der Waals surface area contributed by atoms with Gasteiger partial charge >= 0.3 is 0 Å². The largest absolute Gasteiger partial charge is 0.343 e. The molecule has 1 atom stereocenters. The van der Waals surface area contributed by atoms with Gasteiger partial charge in [-0.2, -0.15) is 5.10 Å². The van der Waals surface area contributed by atoms with Gasteiger partial charge in [0.2, 0.25) is 0 Å². The maximum Gasteiger partial charge on any atom is 0.273 e. The number of hydrogen-bond acceptors (Lipinski definition) is 4. The molecule has 2 rings (SSSR count). The number of nitrogens with zero attached hydrogens (tertiary/aromatic N) is 4. The Bertz CT molecular complexity index is 645. The summed E-state index contributed by atoms with van der Waals surface area (Å²) in [6.07, 6.45) is 4.34. The summed E-state index contributed by atoms with van der Waals surface area (Å²) in [6.45, 7) is 3.94. The molecule has 2 N–H and O–H groups in total. The number of carbonyl (C=O) groups is 1. The lowest BCUT2D eigenvalue weighted by atomic mass is 10.1. The smallest absolute Gasteiger partial charge is 0.273 e. The predicted octanol–water partition coefficient (Wildman–Crippen LogP) is 1.17. The number of pyridine rings is 1. The summed E-state index contributed by atoms with van der Waals surface area (Å²) in [6, 6.07) is 3.85. The molecule has 2 heterocycles. The van der Waals surface area contributed by atoms with Crippen LogP contribution in [0, 0.1) is 6.92 Å². The summed E-state index contributed by atoms with van der Waals surface area (Å²) >= 11 is 0. The highest BCUT2D eigenvalue weighted by atomic mass is 16.2. The van der Waals surface area contributed by atoms with E-state index in [2.05, 4.69) is 16.1 Å². The van der Waals surface area contributed by atoms with Gasteiger partial charge in [0.25, 0.3) is 5.91 Å². The molecule has 6 nitrogen and oxygen atoms in total. The van der Waals surface area contributed by atoms with Crippen LogP contribution in [0.15, 0.2) is 24.5 Å². The first-order valence-electron chi connectivity index (χ1n) is 6.87. The second kappa shape index (κ2) is 6.05. The first kappa shape index (κ1) is 15.2. The molecule has 112 valence electrons. The number of hydrogen-bond donors (Lipinski definition) is 1. The van der Waals surface area contributed by atoms with Crippen LogP contribution in [0.1, 0.15) is 28.5 Å². The molecule has 0 aromatic carbocycles. The van der Waals surface area contributed by atoms with Crippen LogP contribution in [0.3, 0.4) is 0 Å². The molecule has 0 saturated carbocycles. The quantitative estimate of drug-likeness (QED) is 0.915. The van der Waals surface area contributed by atoms with E-state index >= 15 is 0 Å². The third-order valence-corrected chi connectivity index (χ3v) is 3.10. The van der Waals surface area contributed by atoms with Gasteiger partial charge in [0, 0.05) is 32.5 Å². The summed E-state index contributed by atoms with van der Waals surface area (Å²) < 4.78 is 1.63. The van der Waals surface area contributed by atoms with Crippen LogP contribution in [0.5, 0.6) is 0 Å². The van der Waals surface area contributed by atoms with E-state index in [1.165, 1.54) is 4.90 Å². The van der Waals surface area contributed by atoms with E-state index in [0.29, 0.717) is 5.69 Å². The van der Waals surface area contributed by atoms with E-state index in [4.69, 9.17) is 5.73 Å². The predicted molar refractivity (Wildman–Crippen MR) is 81.5 cm³/mol. The Labute approximate surface area is 124 Å². The molecule has 0 fully saturated rings. The zero-order chi connectivity index (χ0) is 15.6. The number of amides is 1. The van der Waals surface area contributed by atoms with E-state index in [0.717, 1.165) is 23.4 Å². The Kier molecular flexibility index (Phi) is 4.37. The molecule has 0 saturated heterocycles. The lowest BCUT2D eigenvalue weighted by molar-refractivity contribution is 0.0821. The third-order valence-electron chi connectivity index (χ3n) is 3.10. The minimum atomic E-state index is -0.125. The van der Waals surface area contributed by atoms with Crippen LogP contribution >= 0.6 is 0 Å². The van der Waals surface area contributed by atoms with E-state index in [9.17, 15) is 4.79 Å². The summed E-state index contributed by atoms with van der Waals surface area (Å²) in [4.78, 5) is 17.8. The molecule has 1 amide bonds. The Balaban J connectivity index is 2.28. The van der Waals surface area contributed by atoms with Crippen molar-refractivity contribution in [2.75, 3.05) is 14.1 Å². The van der Waals surface area contributed by atoms with E-state index in [-0.39, 0.29) is 11.9 Å². The van der Waals surface area contributed by atoms with Crippen molar-refractivity contribution in [3.05, 3.63) is 41.3 Å². The number of nitrogens with two attached hydrogens (primary N) is 1. The van der Waals surface area contributed by atoms with Crippen molar-refractivity contribution in [2.45, 2.75) is 26.3 Å². The molecular weight excluding hydrogens is 266 g/mol. The second-order valence-corrected chi connectivity index (χ2v) is 5.51. The van der Waals surface area contributed by atoms with Gasteiger partial charge in [-0.05, 0) is 37.5 Å². The van der Waals surface area contributed by atoms with E-state index in [1.807, 2.05) is 13.8 Å². The molecule has 0 bridgehead atoms. The van der Waals surface area contributed by atoms with Gasteiger partial charge in [0.05, 0.1) is 0 Å². The minimum Gasteiger partial charge on any atom is -0.343 e. The Morgan fingerprint density at radius 3 is 2.76 bits per heavy atom. The normalized spacial score (nSPS) is 12.2. The van der Waals surface area contributed by atoms with Gasteiger partial charge in [0.1, 0.15) is 0 Å². The first-order valence-corrected chi connectivity index (χ1v) is 6.87. The Hall–Kier alpha value is -2.21. The van der Waals surface area contributed by atoms with E-state index in [1.54, 1.807) is 37.2 Å². The number of carbonyl (C=O) groups excluding carboxylic acids is 1. The zero-order valence-corrected chi connectivity index (χ0v) is 12.9. The maximum absolute atomic E-state index is 11.9. The summed E-state index contributed by atoms with van der Waals surface area (Å²) in [5, 5.41) is 4.29. The minimum absolute atomic E-state index is 0.103. The van der Waals surface area contributed by atoms with Crippen molar-refractivity contribution >= 4 is 5.91 Å². The zero-order valence-electron chi connectivity index (χ0n) is 12.9. The maximum atomic E-state index is 11.9. The van der Waals surface area contributed by atoms with Gasteiger partial charge in [-0.3, -0.25) is 4.79 Å².